The first-order chi connectivity index (χ1) is 13.0. The Labute approximate surface area is 161 Å². The third kappa shape index (κ3) is 3.16. The third-order valence-electron chi connectivity index (χ3n) is 6.35. The van der Waals surface area contributed by atoms with E-state index in [1.54, 1.807) is 0 Å². The molecule has 2 aliphatic rings. The number of nitrogens with zero attached hydrogens (tertiary/aromatic N) is 2. The highest BCUT2D eigenvalue weighted by Gasteiger charge is 2.36. The van der Waals surface area contributed by atoms with Crippen LogP contribution in [0, 0.1) is 12.3 Å². The number of rotatable bonds is 4. The van der Waals surface area contributed by atoms with Crippen LogP contribution in [0.4, 0.5) is 0 Å². The lowest BCUT2D eigenvalue weighted by molar-refractivity contribution is 0.0871. The van der Waals surface area contributed by atoms with Crippen LogP contribution in [-0.2, 0) is 6.42 Å². The van der Waals surface area contributed by atoms with Gasteiger partial charge in [0, 0.05) is 17.5 Å². The SMILES string of the molecule is CCC1(CC)CC(=O)c2cc(C3=NC(c4ccccc4C)=NC3)ccc2C1. The number of hydrogen-bond donors (Lipinski definition) is 0. The number of hydrogen-bond acceptors (Lipinski definition) is 3. The van der Waals surface area contributed by atoms with Crippen LogP contribution in [0.15, 0.2) is 52.4 Å². The van der Waals surface area contributed by atoms with Crippen molar-refractivity contribution in [1.29, 1.82) is 0 Å². The molecule has 2 aromatic carbocycles. The Bertz CT molecular complexity index is 964. The van der Waals surface area contributed by atoms with Crippen molar-refractivity contribution in [3.63, 3.8) is 0 Å². The van der Waals surface area contributed by atoms with Crippen molar-refractivity contribution in [1.82, 2.24) is 0 Å². The summed E-state index contributed by atoms with van der Waals surface area (Å²) in [7, 11) is 0. The molecule has 2 aromatic rings. The van der Waals surface area contributed by atoms with E-state index < -0.39 is 0 Å². The molecule has 0 saturated carbocycles. The first-order valence-electron chi connectivity index (χ1n) is 9.90. The highest BCUT2D eigenvalue weighted by molar-refractivity contribution is 6.18. The van der Waals surface area contributed by atoms with Gasteiger partial charge < -0.3 is 0 Å². The fraction of sp³-hybridized carbons (Fsp3) is 0.375. The molecule has 1 aliphatic heterocycles. The molecule has 0 radical (unpaired) electrons. The summed E-state index contributed by atoms with van der Waals surface area (Å²) in [6, 6.07) is 14.5. The summed E-state index contributed by atoms with van der Waals surface area (Å²) in [5.74, 6) is 1.07. The second-order valence-electron chi connectivity index (χ2n) is 7.87. The van der Waals surface area contributed by atoms with Crippen LogP contribution in [0.1, 0.15) is 65.7 Å². The van der Waals surface area contributed by atoms with E-state index in [0.717, 1.165) is 47.5 Å². The van der Waals surface area contributed by atoms with Gasteiger partial charge in [-0.05, 0) is 54.4 Å². The van der Waals surface area contributed by atoms with Crippen molar-refractivity contribution >= 4 is 17.3 Å². The van der Waals surface area contributed by atoms with Gasteiger partial charge in [-0.15, -0.1) is 0 Å². The number of aryl methyl sites for hydroxylation is 1. The molecule has 0 aromatic heterocycles. The van der Waals surface area contributed by atoms with Gasteiger partial charge in [-0.2, -0.15) is 0 Å². The third-order valence-corrected chi connectivity index (χ3v) is 6.35. The van der Waals surface area contributed by atoms with Gasteiger partial charge in [-0.1, -0.05) is 50.2 Å². The van der Waals surface area contributed by atoms with E-state index in [4.69, 9.17) is 4.99 Å². The Balaban J connectivity index is 1.65. The molecule has 0 fully saturated rings. The fourth-order valence-electron chi connectivity index (χ4n) is 4.30. The minimum atomic E-state index is 0.137. The van der Waals surface area contributed by atoms with Crippen LogP contribution in [0.25, 0.3) is 0 Å². The quantitative estimate of drug-likeness (QED) is 0.742. The van der Waals surface area contributed by atoms with Crippen LogP contribution in [0.3, 0.4) is 0 Å². The molecular weight excluding hydrogens is 332 g/mol. The van der Waals surface area contributed by atoms with Gasteiger partial charge in [0.1, 0.15) is 0 Å². The van der Waals surface area contributed by atoms with Crippen LogP contribution in [0.2, 0.25) is 0 Å². The topological polar surface area (TPSA) is 41.8 Å². The van der Waals surface area contributed by atoms with E-state index >= 15 is 0 Å². The van der Waals surface area contributed by atoms with Gasteiger partial charge in [0.05, 0.1) is 12.3 Å². The monoisotopic (exact) mass is 358 g/mol. The second kappa shape index (κ2) is 6.88. The minimum absolute atomic E-state index is 0.137. The first kappa shape index (κ1) is 17.8. The first-order valence-corrected chi connectivity index (χ1v) is 9.90. The normalized spacial score (nSPS) is 18.1. The standard InChI is InChI=1S/C24H26N2O/c1-4-24(5-2)13-18-11-10-17(12-20(18)22(27)14-24)21-15-25-23(26-21)19-9-7-6-8-16(19)3/h6-12H,4-5,13-15H2,1-3H3. The smallest absolute Gasteiger partial charge is 0.163 e. The number of amidine groups is 1. The maximum absolute atomic E-state index is 12.8. The summed E-state index contributed by atoms with van der Waals surface area (Å²) in [5.41, 5.74) is 6.45. The van der Waals surface area contributed by atoms with E-state index in [1.807, 2.05) is 18.2 Å². The van der Waals surface area contributed by atoms with E-state index in [0.29, 0.717) is 13.0 Å². The zero-order valence-electron chi connectivity index (χ0n) is 16.4. The Morgan fingerprint density at radius 3 is 2.52 bits per heavy atom. The molecular formula is C24H26N2O. The molecule has 0 bridgehead atoms. The van der Waals surface area contributed by atoms with Gasteiger partial charge in [0.15, 0.2) is 11.6 Å². The summed E-state index contributed by atoms with van der Waals surface area (Å²) < 4.78 is 0. The number of fused-ring (bicyclic) bond motifs is 1. The maximum atomic E-state index is 12.8. The number of aliphatic imine (C=N–C) groups is 2. The summed E-state index contributed by atoms with van der Waals surface area (Å²) >= 11 is 0. The average Bonchev–Trinajstić information content (AvgIpc) is 3.18. The number of benzene rings is 2. The van der Waals surface area contributed by atoms with Gasteiger partial charge in [0.25, 0.3) is 0 Å². The minimum Gasteiger partial charge on any atom is -0.294 e. The molecule has 138 valence electrons. The highest BCUT2D eigenvalue weighted by atomic mass is 16.1. The molecule has 0 N–H and O–H groups in total. The van der Waals surface area contributed by atoms with Crippen LogP contribution in [-0.4, -0.2) is 23.9 Å². The predicted octanol–water partition coefficient (Wildman–Crippen LogP) is 5.18. The Kier molecular flexibility index (Phi) is 4.55. The molecule has 0 atom stereocenters. The summed E-state index contributed by atoms with van der Waals surface area (Å²) in [6.45, 7) is 7.06. The number of carbonyl (C=O) groups is 1. The Morgan fingerprint density at radius 1 is 1.00 bits per heavy atom. The number of Topliss-reactive ketones (excluding diaryl/α,β-unsaturated/α-hetero) is 1. The molecule has 0 amide bonds. The molecule has 3 heteroatoms. The molecule has 1 aliphatic carbocycles. The summed E-state index contributed by atoms with van der Waals surface area (Å²) in [6.07, 6.45) is 3.76. The van der Waals surface area contributed by atoms with Crippen LogP contribution >= 0.6 is 0 Å². The van der Waals surface area contributed by atoms with Gasteiger partial charge in [0.2, 0.25) is 0 Å². The largest absolute Gasteiger partial charge is 0.294 e. The van der Waals surface area contributed by atoms with Gasteiger partial charge in [-0.3, -0.25) is 9.79 Å². The predicted molar refractivity (Wildman–Crippen MR) is 111 cm³/mol. The Hall–Kier alpha value is -2.55. The van der Waals surface area contributed by atoms with E-state index in [9.17, 15) is 4.79 Å². The summed E-state index contributed by atoms with van der Waals surface area (Å²) in [4.78, 5) is 22.3. The van der Waals surface area contributed by atoms with Crippen molar-refractivity contribution in [3.05, 3.63) is 70.3 Å². The molecule has 4 rings (SSSR count). The van der Waals surface area contributed by atoms with Crippen molar-refractivity contribution in [2.75, 3.05) is 6.54 Å². The zero-order valence-corrected chi connectivity index (χ0v) is 16.4. The van der Waals surface area contributed by atoms with Crippen molar-refractivity contribution in [2.24, 2.45) is 15.4 Å². The Morgan fingerprint density at radius 2 is 1.78 bits per heavy atom. The van der Waals surface area contributed by atoms with Crippen molar-refractivity contribution in [3.8, 4) is 0 Å². The van der Waals surface area contributed by atoms with E-state index in [1.165, 1.54) is 11.1 Å². The molecule has 3 nitrogen and oxygen atoms in total. The van der Waals surface area contributed by atoms with E-state index in [2.05, 4.69) is 50.0 Å². The van der Waals surface area contributed by atoms with Crippen LogP contribution in [0.5, 0.6) is 0 Å². The van der Waals surface area contributed by atoms with Crippen molar-refractivity contribution in [2.45, 2.75) is 46.5 Å². The molecule has 0 spiro atoms. The zero-order chi connectivity index (χ0) is 19.0. The van der Waals surface area contributed by atoms with Gasteiger partial charge in [-0.25, -0.2) is 4.99 Å². The van der Waals surface area contributed by atoms with Crippen molar-refractivity contribution < 1.29 is 4.79 Å². The fourth-order valence-corrected chi connectivity index (χ4v) is 4.30. The maximum Gasteiger partial charge on any atom is 0.163 e. The lowest BCUT2D eigenvalue weighted by atomic mass is 9.67. The number of carbonyl (C=O) groups excluding carboxylic acids is 1. The second-order valence-corrected chi connectivity index (χ2v) is 7.87. The van der Waals surface area contributed by atoms with Gasteiger partial charge >= 0.3 is 0 Å². The summed E-state index contributed by atoms with van der Waals surface area (Å²) in [5, 5.41) is 0. The molecule has 1 heterocycles. The number of ketones is 1. The van der Waals surface area contributed by atoms with E-state index in [-0.39, 0.29) is 11.2 Å². The molecule has 0 saturated heterocycles. The van der Waals surface area contributed by atoms with Crippen LogP contribution < -0.4 is 0 Å². The highest BCUT2D eigenvalue weighted by Crippen LogP contribution is 2.41. The lowest BCUT2D eigenvalue weighted by Gasteiger charge is -2.36. The molecule has 27 heavy (non-hydrogen) atoms. The molecule has 0 unspecified atom stereocenters. The average molecular weight is 358 g/mol. The lowest BCUT2D eigenvalue weighted by Crippen LogP contribution is -2.31.